The van der Waals surface area contributed by atoms with Crippen molar-refractivity contribution in [1.82, 2.24) is 10.2 Å². The minimum Gasteiger partial charge on any atom is -0.382 e. The molecule has 94 valence electrons. The number of aromatic nitrogens is 2. The molecule has 1 aliphatic carbocycles. The topological polar surface area (TPSA) is 63.8 Å². The number of rotatable bonds is 4. The third-order valence-electron chi connectivity index (χ3n) is 3.80. The van der Waals surface area contributed by atoms with E-state index in [4.69, 9.17) is 5.73 Å². The van der Waals surface area contributed by atoms with E-state index in [1.165, 1.54) is 32.1 Å². The van der Waals surface area contributed by atoms with Gasteiger partial charge in [-0.2, -0.15) is 0 Å². The van der Waals surface area contributed by atoms with E-state index in [0.717, 1.165) is 24.2 Å². The molecule has 3 N–H and O–H groups in total. The Balaban J connectivity index is 1.74. The van der Waals surface area contributed by atoms with Gasteiger partial charge in [0, 0.05) is 6.54 Å². The van der Waals surface area contributed by atoms with Crippen LogP contribution in [0.4, 0.5) is 11.6 Å². The lowest BCUT2D eigenvalue weighted by Crippen LogP contribution is -2.21. The third kappa shape index (κ3) is 3.58. The molecule has 0 saturated heterocycles. The maximum atomic E-state index is 5.49. The fraction of sp³-hybridized carbons (Fsp3) is 0.692. The van der Waals surface area contributed by atoms with Crippen molar-refractivity contribution < 1.29 is 0 Å². The number of nitrogens with zero attached hydrogens (tertiary/aromatic N) is 2. The minimum absolute atomic E-state index is 0.471. The summed E-state index contributed by atoms with van der Waals surface area (Å²) in [6.45, 7) is 3.31. The molecule has 0 bridgehead atoms. The van der Waals surface area contributed by atoms with Crippen molar-refractivity contribution in [3.8, 4) is 0 Å². The van der Waals surface area contributed by atoms with Crippen molar-refractivity contribution in [2.24, 2.45) is 11.8 Å². The standard InChI is InChI=1S/C13H22N4/c1-2-10-3-5-11(6-4-10)9-15-13-8-7-12(14)16-17-13/h7-8,10-11H,2-6,9H2,1H3,(H2,14,16)(H,15,17). The minimum atomic E-state index is 0.471. The largest absolute Gasteiger partial charge is 0.382 e. The number of anilines is 2. The van der Waals surface area contributed by atoms with Crippen LogP contribution in [-0.4, -0.2) is 16.7 Å². The number of hydrogen-bond donors (Lipinski definition) is 2. The Morgan fingerprint density at radius 3 is 2.47 bits per heavy atom. The lowest BCUT2D eigenvalue weighted by atomic mass is 9.81. The summed E-state index contributed by atoms with van der Waals surface area (Å²) in [6, 6.07) is 3.67. The van der Waals surface area contributed by atoms with Gasteiger partial charge in [-0.25, -0.2) is 0 Å². The van der Waals surface area contributed by atoms with E-state index in [2.05, 4.69) is 22.4 Å². The summed E-state index contributed by atoms with van der Waals surface area (Å²) in [6.07, 6.45) is 6.79. The molecule has 0 atom stereocenters. The normalized spacial score (nSPS) is 24.5. The van der Waals surface area contributed by atoms with Crippen LogP contribution < -0.4 is 11.1 Å². The summed E-state index contributed by atoms with van der Waals surface area (Å²) >= 11 is 0. The van der Waals surface area contributed by atoms with Crippen molar-refractivity contribution in [2.45, 2.75) is 39.0 Å². The van der Waals surface area contributed by atoms with Crippen molar-refractivity contribution in [2.75, 3.05) is 17.6 Å². The highest BCUT2D eigenvalue weighted by molar-refractivity contribution is 5.38. The van der Waals surface area contributed by atoms with Crippen LogP contribution in [0, 0.1) is 11.8 Å². The molecule has 1 fully saturated rings. The molecule has 2 rings (SSSR count). The van der Waals surface area contributed by atoms with Crippen LogP contribution in [-0.2, 0) is 0 Å². The van der Waals surface area contributed by atoms with Crippen LogP contribution in [0.1, 0.15) is 39.0 Å². The van der Waals surface area contributed by atoms with Crippen LogP contribution in [0.15, 0.2) is 12.1 Å². The van der Waals surface area contributed by atoms with Crippen molar-refractivity contribution >= 4 is 11.6 Å². The lowest BCUT2D eigenvalue weighted by Gasteiger charge is -2.27. The molecule has 1 aromatic rings. The molecule has 0 unspecified atom stereocenters. The summed E-state index contributed by atoms with van der Waals surface area (Å²) in [5.74, 6) is 3.05. The number of hydrogen-bond acceptors (Lipinski definition) is 4. The molecule has 1 saturated carbocycles. The Labute approximate surface area is 103 Å². The molecule has 4 heteroatoms. The first-order valence-electron chi connectivity index (χ1n) is 6.61. The highest BCUT2D eigenvalue weighted by Crippen LogP contribution is 2.30. The Morgan fingerprint density at radius 2 is 1.88 bits per heavy atom. The Morgan fingerprint density at radius 1 is 1.18 bits per heavy atom. The van der Waals surface area contributed by atoms with Gasteiger partial charge in [-0.05, 0) is 36.8 Å². The second-order valence-electron chi connectivity index (χ2n) is 5.02. The summed E-state index contributed by atoms with van der Waals surface area (Å²) in [4.78, 5) is 0. The molecular weight excluding hydrogens is 212 g/mol. The first-order valence-corrected chi connectivity index (χ1v) is 6.61. The van der Waals surface area contributed by atoms with E-state index >= 15 is 0 Å². The molecule has 0 spiro atoms. The molecule has 0 radical (unpaired) electrons. The molecule has 17 heavy (non-hydrogen) atoms. The number of nitrogen functional groups attached to an aromatic ring is 1. The van der Waals surface area contributed by atoms with E-state index in [9.17, 15) is 0 Å². The van der Waals surface area contributed by atoms with Gasteiger partial charge in [-0.15, -0.1) is 10.2 Å². The fourth-order valence-electron chi connectivity index (χ4n) is 2.53. The average molecular weight is 234 g/mol. The first-order chi connectivity index (χ1) is 8.28. The smallest absolute Gasteiger partial charge is 0.148 e. The molecule has 1 aliphatic rings. The summed E-state index contributed by atoms with van der Waals surface area (Å²) in [5, 5.41) is 11.2. The first kappa shape index (κ1) is 12.1. The Kier molecular flexibility index (Phi) is 4.18. The van der Waals surface area contributed by atoms with E-state index < -0.39 is 0 Å². The van der Waals surface area contributed by atoms with Gasteiger partial charge in [0.1, 0.15) is 11.6 Å². The fourth-order valence-corrected chi connectivity index (χ4v) is 2.53. The highest BCUT2D eigenvalue weighted by Gasteiger charge is 2.19. The van der Waals surface area contributed by atoms with Crippen LogP contribution in [0.2, 0.25) is 0 Å². The van der Waals surface area contributed by atoms with Gasteiger partial charge in [-0.3, -0.25) is 0 Å². The van der Waals surface area contributed by atoms with Gasteiger partial charge >= 0.3 is 0 Å². The van der Waals surface area contributed by atoms with Gasteiger partial charge < -0.3 is 11.1 Å². The SMILES string of the molecule is CCC1CCC(CNc2ccc(N)nn2)CC1. The third-order valence-corrected chi connectivity index (χ3v) is 3.80. The Hall–Kier alpha value is -1.32. The molecule has 1 aromatic heterocycles. The highest BCUT2D eigenvalue weighted by atomic mass is 15.2. The zero-order valence-corrected chi connectivity index (χ0v) is 10.5. The van der Waals surface area contributed by atoms with Gasteiger partial charge in [0.15, 0.2) is 0 Å². The molecule has 0 amide bonds. The molecule has 4 nitrogen and oxygen atoms in total. The van der Waals surface area contributed by atoms with E-state index in [1.807, 2.05) is 6.07 Å². The predicted molar refractivity (Wildman–Crippen MR) is 70.7 cm³/mol. The van der Waals surface area contributed by atoms with Crippen LogP contribution in [0.5, 0.6) is 0 Å². The zero-order valence-electron chi connectivity index (χ0n) is 10.5. The Bertz CT molecular complexity index is 328. The predicted octanol–water partition coefficient (Wildman–Crippen LogP) is 2.69. The van der Waals surface area contributed by atoms with Crippen LogP contribution >= 0.6 is 0 Å². The van der Waals surface area contributed by atoms with E-state index in [0.29, 0.717) is 5.82 Å². The summed E-state index contributed by atoms with van der Waals surface area (Å²) < 4.78 is 0. The number of nitrogens with two attached hydrogens (primary N) is 1. The van der Waals surface area contributed by atoms with Gasteiger partial charge in [0.05, 0.1) is 0 Å². The quantitative estimate of drug-likeness (QED) is 0.840. The van der Waals surface area contributed by atoms with Gasteiger partial charge in [-0.1, -0.05) is 26.2 Å². The van der Waals surface area contributed by atoms with Crippen LogP contribution in [0.25, 0.3) is 0 Å². The van der Waals surface area contributed by atoms with Crippen molar-refractivity contribution in [3.05, 3.63) is 12.1 Å². The van der Waals surface area contributed by atoms with Gasteiger partial charge in [0.25, 0.3) is 0 Å². The summed E-state index contributed by atoms with van der Waals surface area (Å²) in [7, 11) is 0. The van der Waals surface area contributed by atoms with Crippen LogP contribution in [0.3, 0.4) is 0 Å². The van der Waals surface area contributed by atoms with E-state index in [-0.39, 0.29) is 0 Å². The molecule has 1 heterocycles. The maximum Gasteiger partial charge on any atom is 0.148 e. The average Bonchev–Trinajstić information content (AvgIpc) is 2.39. The number of nitrogens with one attached hydrogen (secondary N) is 1. The summed E-state index contributed by atoms with van der Waals surface area (Å²) in [5.41, 5.74) is 5.49. The van der Waals surface area contributed by atoms with E-state index in [1.54, 1.807) is 6.07 Å². The maximum absolute atomic E-state index is 5.49. The molecular formula is C13H22N4. The van der Waals surface area contributed by atoms with Gasteiger partial charge in [0.2, 0.25) is 0 Å². The monoisotopic (exact) mass is 234 g/mol. The van der Waals surface area contributed by atoms with Crippen molar-refractivity contribution in [3.63, 3.8) is 0 Å². The zero-order chi connectivity index (χ0) is 12.1. The molecule has 0 aliphatic heterocycles. The second kappa shape index (κ2) is 5.84. The lowest BCUT2D eigenvalue weighted by molar-refractivity contribution is 0.278. The second-order valence-corrected chi connectivity index (χ2v) is 5.02. The molecule has 0 aromatic carbocycles. The van der Waals surface area contributed by atoms with Crippen molar-refractivity contribution in [1.29, 1.82) is 0 Å².